The van der Waals surface area contributed by atoms with E-state index in [0.29, 0.717) is 11.8 Å². The molecule has 0 radical (unpaired) electrons. The van der Waals surface area contributed by atoms with Gasteiger partial charge in [-0.2, -0.15) is 0 Å². The number of nitrogens with one attached hydrogen (secondary N) is 1. The van der Waals surface area contributed by atoms with Crippen LogP contribution < -0.4 is 11.1 Å². The van der Waals surface area contributed by atoms with Gasteiger partial charge in [0.2, 0.25) is 0 Å². The molecule has 2 unspecified atom stereocenters. The normalized spacial score (nSPS) is 24.9. The molecule has 0 aliphatic carbocycles. The van der Waals surface area contributed by atoms with Crippen molar-refractivity contribution in [3.8, 4) is 0 Å². The van der Waals surface area contributed by atoms with Crippen LogP contribution in [0.4, 0.5) is 5.69 Å². The molecule has 82 valence electrons. The molecule has 1 heterocycles. The summed E-state index contributed by atoms with van der Waals surface area (Å²) in [6, 6.07) is 6.79. The monoisotopic (exact) mass is 204 g/mol. The van der Waals surface area contributed by atoms with Crippen LogP contribution >= 0.6 is 0 Å². The number of benzene rings is 1. The Morgan fingerprint density at radius 1 is 1.40 bits per heavy atom. The maximum atomic E-state index is 6.22. The summed E-state index contributed by atoms with van der Waals surface area (Å²) in [7, 11) is 0. The summed E-state index contributed by atoms with van der Waals surface area (Å²) in [5.74, 6) is 1.08. The summed E-state index contributed by atoms with van der Waals surface area (Å²) >= 11 is 0. The highest BCUT2D eigenvalue weighted by Gasteiger charge is 2.23. The van der Waals surface area contributed by atoms with E-state index in [0.717, 1.165) is 6.54 Å². The van der Waals surface area contributed by atoms with E-state index in [-0.39, 0.29) is 6.04 Å². The Kier molecular flexibility index (Phi) is 2.70. The average Bonchev–Trinajstić information content (AvgIpc) is 2.23. The van der Waals surface area contributed by atoms with Gasteiger partial charge in [0.25, 0.3) is 0 Å². The Morgan fingerprint density at radius 3 is 2.80 bits per heavy atom. The Morgan fingerprint density at radius 2 is 2.13 bits per heavy atom. The third-order valence-corrected chi connectivity index (χ3v) is 3.33. The molecule has 2 atom stereocenters. The van der Waals surface area contributed by atoms with Crippen molar-refractivity contribution in [1.82, 2.24) is 0 Å². The second-order valence-corrected chi connectivity index (χ2v) is 4.89. The van der Waals surface area contributed by atoms with Crippen LogP contribution in [0, 0.1) is 5.92 Å². The molecule has 2 nitrogen and oxygen atoms in total. The lowest BCUT2D eigenvalue weighted by Gasteiger charge is -2.30. The van der Waals surface area contributed by atoms with Crippen molar-refractivity contribution in [3.63, 3.8) is 0 Å². The maximum absolute atomic E-state index is 6.22. The fraction of sp³-hybridized carbons (Fsp3) is 0.538. The van der Waals surface area contributed by atoms with Gasteiger partial charge in [0.15, 0.2) is 0 Å². The average molecular weight is 204 g/mol. The minimum atomic E-state index is 0.181. The van der Waals surface area contributed by atoms with Crippen molar-refractivity contribution in [2.24, 2.45) is 11.7 Å². The largest absolute Gasteiger partial charge is 0.384 e. The molecule has 1 aromatic carbocycles. The zero-order valence-electron chi connectivity index (χ0n) is 9.75. The van der Waals surface area contributed by atoms with E-state index < -0.39 is 0 Å². The molecule has 0 fully saturated rings. The molecule has 0 spiro atoms. The third kappa shape index (κ3) is 1.86. The van der Waals surface area contributed by atoms with Gasteiger partial charge in [-0.1, -0.05) is 32.9 Å². The number of nitrogens with two attached hydrogens (primary N) is 1. The zero-order valence-corrected chi connectivity index (χ0v) is 9.75. The standard InChI is InChI=1S/C13H20N2/c1-8(2)10-4-5-12-11(6-10)13(14)9(3)7-15-12/h4-6,8-9,13,15H,7,14H2,1-3H3. The van der Waals surface area contributed by atoms with Gasteiger partial charge in [-0.05, 0) is 29.0 Å². The predicted octanol–water partition coefficient (Wildman–Crippen LogP) is 2.87. The Bertz CT molecular complexity index is 358. The molecule has 0 saturated carbocycles. The number of anilines is 1. The van der Waals surface area contributed by atoms with E-state index in [2.05, 4.69) is 44.3 Å². The molecule has 1 aliphatic heterocycles. The summed E-state index contributed by atoms with van der Waals surface area (Å²) in [5.41, 5.74) is 10.1. The second kappa shape index (κ2) is 3.86. The van der Waals surface area contributed by atoms with E-state index in [1.54, 1.807) is 0 Å². The topological polar surface area (TPSA) is 38.0 Å². The van der Waals surface area contributed by atoms with Crippen LogP contribution in [0.5, 0.6) is 0 Å². The smallest absolute Gasteiger partial charge is 0.0389 e. The predicted molar refractivity (Wildman–Crippen MR) is 65.1 cm³/mol. The molecule has 2 rings (SSSR count). The molecule has 3 N–H and O–H groups in total. The van der Waals surface area contributed by atoms with Crippen LogP contribution in [0.15, 0.2) is 18.2 Å². The summed E-state index contributed by atoms with van der Waals surface area (Å²) in [4.78, 5) is 0. The van der Waals surface area contributed by atoms with Crippen LogP contribution in [-0.4, -0.2) is 6.54 Å². The molecule has 1 aromatic rings. The minimum absolute atomic E-state index is 0.181. The van der Waals surface area contributed by atoms with Crippen LogP contribution in [0.1, 0.15) is 43.9 Å². The SMILES string of the molecule is CC(C)c1ccc2c(c1)C(N)C(C)CN2. The molecule has 0 amide bonds. The summed E-state index contributed by atoms with van der Waals surface area (Å²) in [6.07, 6.45) is 0. The maximum Gasteiger partial charge on any atom is 0.0389 e. The molecular formula is C13H20N2. The van der Waals surface area contributed by atoms with E-state index in [1.165, 1.54) is 16.8 Å². The first-order valence-corrected chi connectivity index (χ1v) is 5.73. The number of hydrogen-bond acceptors (Lipinski definition) is 2. The van der Waals surface area contributed by atoms with Crippen LogP contribution in [-0.2, 0) is 0 Å². The van der Waals surface area contributed by atoms with Gasteiger partial charge in [0.1, 0.15) is 0 Å². The van der Waals surface area contributed by atoms with E-state index in [1.807, 2.05) is 0 Å². The summed E-state index contributed by atoms with van der Waals surface area (Å²) in [6.45, 7) is 7.61. The van der Waals surface area contributed by atoms with Crippen molar-refractivity contribution in [1.29, 1.82) is 0 Å². The first kappa shape index (κ1) is 10.5. The Hall–Kier alpha value is -1.02. The van der Waals surface area contributed by atoms with Crippen LogP contribution in [0.25, 0.3) is 0 Å². The van der Waals surface area contributed by atoms with Crippen molar-refractivity contribution >= 4 is 5.69 Å². The van der Waals surface area contributed by atoms with Gasteiger partial charge in [0.05, 0.1) is 0 Å². The minimum Gasteiger partial charge on any atom is -0.384 e. The molecular weight excluding hydrogens is 184 g/mol. The summed E-state index contributed by atoms with van der Waals surface area (Å²) < 4.78 is 0. The Labute approximate surface area is 91.9 Å². The first-order valence-electron chi connectivity index (χ1n) is 5.73. The molecule has 15 heavy (non-hydrogen) atoms. The van der Waals surface area contributed by atoms with Crippen molar-refractivity contribution in [2.75, 3.05) is 11.9 Å². The summed E-state index contributed by atoms with van der Waals surface area (Å²) in [5, 5.41) is 3.43. The molecule has 0 saturated heterocycles. The molecule has 1 aliphatic rings. The molecule has 2 heteroatoms. The third-order valence-electron chi connectivity index (χ3n) is 3.33. The number of hydrogen-bond donors (Lipinski definition) is 2. The van der Waals surface area contributed by atoms with Gasteiger partial charge >= 0.3 is 0 Å². The van der Waals surface area contributed by atoms with Gasteiger partial charge in [-0.15, -0.1) is 0 Å². The van der Waals surface area contributed by atoms with Gasteiger partial charge in [-0.25, -0.2) is 0 Å². The van der Waals surface area contributed by atoms with Crippen LogP contribution in [0.2, 0.25) is 0 Å². The zero-order chi connectivity index (χ0) is 11.0. The first-order chi connectivity index (χ1) is 7.09. The lowest BCUT2D eigenvalue weighted by Crippen LogP contribution is -2.30. The fourth-order valence-corrected chi connectivity index (χ4v) is 2.08. The van der Waals surface area contributed by atoms with Crippen LogP contribution in [0.3, 0.4) is 0 Å². The van der Waals surface area contributed by atoms with Gasteiger partial charge < -0.3 is 11.1 Å². The second-order valence-electron chi connectivity index (χ2n) is 4.89. The van der Waals surface area contributed by atoms with Crippen molar-refractivity contribution in [2.45, 2.75) is 32.7 Å². The van der Waals surface area contributed by atoms with E-state index in [4.69, 9.17) is 5.73 Å². The lowest BCUT2D eigenvalue weighted by molar-refractivity contribution is 0.478. The molecule has 0 aromatic heterocycles. The highest BCUT2D eigenvalue weighted by Crippen LogP contribution is 2.33. The highest BCUT2D eigenvalue weighted by molar-refractivity contribution is 5.56. The lowest BCUT2D eigenvalue weighted by atomic mass is 9.88. The van der Waals surface area contributed by atoms with Crippen molar-refractivity contribution < 1.29 is 0 Å². The van der Waals surface area contributed by atoms with Gasteiger partial charge in [-0.3, -0.25) is 0 Å². The van der Waals surface area contributed by atoms with E-state index >= 15 is 0 Å². The van der Waals surface area contributed by atoms with E-state index in [9.17, 15) is 0 Å². The number of rotatable bonds is 1. The fourth-order valence-electron chi connectivity index (χ4n) is 2.08. The quantitative estimate of drug-likeness (QED) is 0.738. The number of fused-ring (bicyclic) bond motifs is 1. The van der Waals surface area contributed by atoms with Crippen molar-refractivity contribution in [3.05, 3.63) is 29.3 Å². The highest BCUT2D eigenvalue weighted by atomic mass is 14.9. The molecule has 0 bridgehead atoms. The Balaban J connectivity index is 2.41. The van der Waals surface area contributed by atoms with Gasteiger partial charge in [0, 0.05) is 18.3 Å².